The summed E-state index contributed by atoms with van der Waals surface area (Å²) in [7, 11) is -1.64. The topological polar surface area (TPSA) is 69.0 Å². The zero-order valence-electron chi connectivity index (χ0n) is 24.9. The van der Waals surface area contributed by atoms with Crippen molar-refractivity contribution in [1.82, 2.24) is 9.59 Å². The number of hydrogen-bond acceptors (Lipinski definition) is 7. The van der Waals surface area contributed by atoms with Gasteiger partial charge in [-0.1, -0.05) is 89.4 Å². The lowest BCUT2D eigenvalue weighted by Crippen LogP contribution is -2.30. The van der Waals surface area contributed by atoms with Gasteiger partial charge in [0.15, 0.2) is 0 Å². The molecule has 0 spiro atoms. The van der Waals surface area contributed by atoms with E-state index in [9.17, 15) is 0 Å². The van der Waals surface area contributed by atoms with E-state index in [1.807, 2.05) is 12.4 Å². The number of aromatic nitrogens is 2. The summed E-state index contributed by atoms with van der Waals surface area (Å²) < 4.78 is 17.3. The first kappa shape index (κ1) is 28.3. The van der Waals surface area contributed by atoms with Crippen LogP contribution in [0.1, 0.15) is 22.3 Å². The third-order valence-electron chi connectivity index (χ3n) is 8.82. The Balaban J connectivity index is 1.03. The van der Waals surface area contributed by atoms with Gasteiger partial charge in [0.25, 0.3) is 0 Å². The SMILES string of the molecule is C1=COC(c2ccc(-c3nnsc3-c3ccc(C4([SH]5C=Cc6ccccc65)C=NC=CO4)cc3)cc2)([SH]2C=Cc3ccccc32)C=N1. The Morgan fingerprint density at radius 2 is 1.09 bits per heavy atom. The Morgan fingerprint density at radius 1 is 0.574 bits per heavy atom. The summed E-state index contributed by atoms with van der Waals surface area (Å²) in [6, 6.07) is 34.1. The first-order valence-corrected chi connectivity index (χ1v) is 18.8. The summed E-state index contributed by atoms with van der Waals surface area (Å²) in [6.07, 6.45) is 15.1. The van der Waals surface area contributed by atoms with Crippen molar-refractivity contribution in [2.45, 2.75) is 19.7 Å². The van der Waals surface area contributed by atoms with Crippen LogP contribution in [-0.2, 0) is 19.3 Å². The van der Waals surface area contributed by atoms with Crippen LogP contribution in [0.3, 0.4) is 0 Å². The zero-order valence-corrected chi connectivity index (χ0v) is 27.5. The molecule has 6 nitrogen and oxygen atoms in total. The van der Waals surface area contributed by atoms with Gasteiger partial charge < -0.3 is 9.47 Å². The van der Waals surface area contributed by atoms with E-state index in [1.165, 1.54) is 32.5 Å². The van der Waals surface area contributed by atoms with Crippen LogP contribution in [0.4, 0.5) is 0 Å². The van der Waals surface area contributed by atoms with Crippen molar-refractivity contribution in [3.8, 4) is 21.7 Å². The summed E-state index contributed by atoms with van der Waals surface area (Å²) in [6.45, 7) is 0. The molecule has 4 aliphatic heterocycles. The summed E-state index contributed by atoms with van der Waals surface area (Å²) in [5.74, 6) is 0. The third kappa shape index (κ3) is 4.57. The molecular weight excluding hydrogens is 641 g/mol. The predicted molar refractivity (Wildman–Crippen MR) is 197 cm³/mol. The van der Waals surface area contributed by atoms with Crippen molar-refractivity contribution in [3.63, 3.8) is 0 Å². The number of benzene rings is 4. The lowest BCUT2D eigenvalue weighted by atomic mass is 10.0. The van der Waals surface area contributed by atoms with Gasteiger partial charge in [-0.2, -0.15) is 21.8 Å². The standard InChI is InChI=1S/C38H28N4O2S3/c1-3-7-33-27(5-1)17-23-46(33)37(25-39-19-21-43-37)31-13-9-29(10-14-31)35-36(45-42-41-35)30-11-15-32(16-12-30)38(26-40-20-22-44-38)47-24-18-28-6-2-4-8-34(28)47/h1-26,46-47H. The molecule has 5 heterocycles. The first-order chi connectivity index (χ1) is 23.3. The van der Waals surface area contributed by atoms with E-state index in [0.29, 0.717) is 0 Å². The van der Waals surface area contributed by atoms with Gasteiger partial charge in [0.2, 0.25) is 9.87 Å². The maximum Gasteiger partial charge on any atom is 0.204 e. The van der Waals surface area contributed by atoms with E-state index in [2.05, 4.69) is 140 Å². The highest BCUT2D eigenvalue weighted by atomic mass is 32.2. The van der Waals surface area contributed by atoms with Crippen LogP contribution in [0, 0.1) is 0 Å². The van der Waals surface area contributed by atoms with Gasteiger partial charge in [-0.3, -0.25) is 9.98 Å². The molecule has 4 aliphatic rings. The van der Waals surface area contributed by atoms with Crippen LogP contribution in [0.25, 0.3) is 33.9 Å². The largest absolute Gasteiger partial charge is 0.474 e. The molecule has 5 aromatic rings. The van der Waals surface area contributed by atoms with Crippen molar-refractivity contribution in [2.24, 2.45) is 9.98 Å². The van der Waals surface area contributed by atoms with E-state index in [4.69, 9.17) is 9.47 Å². The van der Waals surface area contributed by atoms with Crippen LogP contribution in [0.5, 0.6) is 0 Å². The van der Waals surface area contributed by atoms with Gasteiger partial charge in [-0.25, -0.2) is 0 Å². The number of thiol groups is 2. The van der Waals surface area contributed by atoms with Crippen LogP contribution in [0.2, 0.25) is 0 Å². The average molecular weight is 669 g/mol. The maximum absolute atomic E-state index is 6.44. The highest BCUT2D eigenvalue weighted by molar-refractivity contribution is 8.21. The minimum absolute atomic E-state index is 0.678. The van der Waals surface area contributed by atoms with Crippen molar-refractivity contribution in [1.29, 1.82) is 0 Å². The Bertz CT molecular complexity index is 2030. The van der Waals surface area contributed by atoms with Gasteiger partial charge in [-0.15, -0.1) is 5.10 Å². The Kier molecular flexibility index (Phi) is 6.85. The molecule has 9 heteroatoms. The summed E-state index contributed by atoms with van der Waals surface area (Å²) >= 11 is 1.40. The molecule has 4 aromatic carbocycles. The molecule has 0 N–H and O–H groups in total. The number of ether oxygens (including phenoxy) is 2. The molecule has 0 aliphatic carbocycles. The number of aliphatic imine (C=N–C) groups is 2. The molecule has 47 heavy (non-hydrogen) atoms. The van der Waals surface area contributed by atoms with Crippen molar-refractivity contribution in [2.75, 3.05) is 0 Å². The van der Waals surface area contributed by atoms with Crippen molar-refractivity contribution in [3.05, 3.63) is 155 Å². The lowest BCUT2D eigenvalue weighted by Gasteiger charge is -2.39. The quantitative estimate of drug-likeness (QED) is 0.177. The average Bonchev–Trinajstić information content (AvgIpc) is 3.92. The minimum Gasteiger partial charge on any atom is -0.474 e. The fraction of sp³-hybridized carbons (Fsp3) is 0.0526. The van der Waals surface area contributed by atoms with Gasteiger partial charge in [0.05, 0.1) is 29.7 Å². The molecular formula is C38H28N4O2S3. The second kappa shape index (κ2) is 11.4. The van der Waals surface area contributed by atoms with Gasteiger partial charge in [0, 0.05) is 26.5 Å². The normalized spacial score (nSPS) is 26.1. The number of fused-ring (bicyclic) bond motifs is 2. The van der Waals surface area contributed by atoms with Crippen LogP contribution in [0.15, 0.2) is 153 Å². The second-order valence-electron chi connectivity index (χ2n) is 11.3. The number of hydrogen-bond donors (Lipinski definition) is 2. The second-order valence-corrected chi connectivity index (χ2v) is 16.5. The fourth-order valence-corrected chi connectivity index (χ4v) is 12.3. The number of nitrogens with zero attached hydrogens (tertiary/aromatic N) is 4. The molecule has 4 unspecified atom stereocenters. The predicted octanol–water partition coefficient (Wildman–Crippen LogP) is 9.41. The summed E-state index contributed by atoms with van der Waals surface area (Å²) in [5, 5.41) is 9.13. The van der Waals surface area contributed by atoms with Gasteiger partial charge >= 0.3 is 0 Å². The van der Waals surface area contributed by atoms with Crippen molar-refractivity contribution >= 4 is 57.9 Å². The molecule has 0 saturated heterocycles. The van der Waals surface area contributed by atoms with Crippen LogP contribution >= 0.6 is 33.3 Å². The monoisotopic (exact) mass is 668 g/mol. The first-order valence-electron chi connectivity index (χ1n) is 15.2. The lowest BCUT2D eigenvalue weighted by molar-refractivity contribution is 0.172. The maximum atomic E-state index is 6.44. The molecule has 230 valence electrons. The summed E-state index contributed by atoms with van der Waals surface area (Å²) in [4.78, 5) is 11.3. The fourth-order valence-electron chi connectivity index (χ4n) is 6.53. The molecule has 0 saturated carbocycles. The van der Waals surface area contributed by atoms with E-state index in [1.54, 1.807) is 24.9 Å². The Hall–Kier alpha value is -4.96. The van der Waals surface area contributed by atoms with E-state index in [-0.39, 0.29) is 0 Å². The molecule has 0 radical (unpaired) electrons. The smallest absolute Gasteiger partial charge is 0.204 e. The molecule has 4 atom stereocenters. The van der Waals surface area contributed by atoms with Crippen LogP contribution in [-0.4, -0.2) is 22.0 Å². The molecule has 9 rings (SSSR count). The van der Waals surface area contributed by atoms with Gasteiger partial charge in [0.1, 0.15) is 18.2 Å². The minimum atomic E-state index is -0.824. The van der Waals surface area contributed by atoms with E-state index < -0.39 is 31.7 Å². The number of rotatable bonds is 6. The van der Waals surface area contributed by atoms with E-state index in [0.717, 1.165) is 32.8 Å². The zero-order chi connectivity index (χ0) is 31.3. The molecule has 1 aromatic heterocycles. The van der Waals surface area contributed by atoms with E-state index >= 15 is 0 Å². The van der Waals surface area contributed by atoms with Crippen LogP contribution < -0.4 is 0 Å². The Morgan fingerprint density at radius 3 is 1.60 bits per heavy atom. The van der Waals surface area contributed by atoms with Gasteiger partial charge in [-0.05, 0) is 63.3 Å². The highest BCUT2D eigenvalue weighted by Crippen LogP contribution is 2.61. The molecule has 0 fully saturated rings. The molecule has 0 amide bonds. The van der Waals surface area contributed by atoms with Crippen molar-refractivity contribution < 1.29 is 9.47 Å². The summed E-state index contributed by atoms with van der Waals surface area (Å²) in [5.41, 5.74) is 7.48. The highest BCUT2D eigenvalue weighted by Gasteiger charge is 2.42. The Labute approximate surface area is 282 Å². The molecule has 0 bridgehead atoms. The third-order valence-corrected chi connectivity index (χ3v) is 14.7.